The highest BCUT2D eigenvalue weighted by atomic mass is 16.2. The second-order valence-electron chi connectivity index (χ2n) is 8.97. The van der Waals surface area contributed by atoms with Gasteiger partial charge in [0.25, 0.3) is 0 Å². The molecule has 2 rings (SSSR count). The van der Waals surface area contributed by atoms with E-state index in [0.717, 1.165) is 16.7 Å². The van der Waals surface area contributed by atoms with Crippen LogP contribution in [0.1, 0.15) is 63.3 Å². The van der Waals surface area contributed by atoms with E-state index in [1.54, 1.807) is 11.8 Å². The van der Waals surface area contributed by atoms with E-state index in [1.165, 1.54) is 5.56 Å². The van der Waals surface area contributed by atoms with Gasteiger partial charge in [0.2, 0.25) is 11.8 Å². The Labute approximate surface area is 181 Å². The minimum atomic E-state index is -0.514. The summed E-state index contributed by atoms with van der Waals surface area (Å²) in [6, 6.07) is 16.0. The summed E-state index contributed by atoms with van der Waals surface area (Å²) in [6.45, 7) is 13.3. The summed E-state index contributed by atoms with van der Waals surface area (Å²) in [7, 11) is 0. The minimum absolute atomic E-state index is 0.00287. The fraction of sp³-hybridized carbons (Fsp3) is 0.462. The number of carbonyl (C=O) groups is 2. The van der Waals surface area contributed by atoms with E-state index in [0.29, 0.717) is 25.9 Å². The number of rotatable bonds is 8. The summed E-state index contributed by atoms with van der Waals surface area (Å²) in [5.74, 6) is -0.120. The zero-order valence-electron chi connectivity index (χ0n) is 19.3. The summed E-state index contributed by atoms with van der Waals surface area (Å²) < 4.78 is 0. The van der Waals surface area contributed by atoms with Gasteiger partial charge in [-0.1, -0.05) is 69.3 Å². The predicted molar refractivity (Wildman–Crippen MR) is 123 cm³/mol. The van der Waals surface area contributed by atoms with Gasteiger partial charge in [0.15, 0.2) is 0 Å². The lowest BCUT2D eigenvalue weighted by molar-refractivity contribution is -0.140. The van der Waals surface area contributed by atoms with Gasteiger partial charge < -0.3 is 10.2 Å². The second-order valence-corrected chi connectivity index (χ2v) is 8.97. The van der Waals surface area contributed by atoms with Crippen molar-refractivity contribution in [1.82, 2.24) is 10.2 Å². The van der Waals surface area contributed by atoms with Crippen molar-refractivity contribution in [1.29, 1.82) is 0 Å². The Hall–Kier alpha value is -2.62. The van der Waals surface area contributed by atoms with Gasteiger partial charge in [-0.3, -0.25) is 9.59 Å². The van der Waals surface area contributed by atoms with Crippen molar-refractivity contribution in [2.75, 3.05) is 6.54 Å². The molecule has 0 aliphatic carbocycles. The van der Waals surface area contributed by atoms with Crippen molar-refractivity contribution in [3.63, 3.8) is 0 Å². The van der Waals surface area contributed by atoms with Crippen molar-refractivity contribution in [2.24, 2.45) is 0 Å². The van der Waals surface area contributed by atoms with Gasteiger partial charge in [-0.15, -0.1) is 0 Å². The molecule has 1 N–H and O–H groups in total. The first-order valence-corrected chi connectivity index (χ1v) is 10.8. The molecule has 0 aliphatic heterocycles. The maximum Gasteiger partial charge on any atom is 0.242 e. The third-order valence-electron chi connectivity index (χ3n) is 5.57. The minimum Gasteiger partial charge on any atom is -0.355 e. The Morgan fingerprint density at radius 3 is 2.23 bits per heavy atom. The normalized spacial score (nSPS) is 12.3. The van der Waals surface area contributed by atoms with Crippen LogP contribution in [0.5, 0.6) is 0 Å². The van der Waals surface area contributed by atoms with Gasteiger partial charge in [-0.25, -0.2) is 0 Å². The number of likely N-dealkylation sites (N-methyl/N-ethyl adjacent to an activating group) is 1. The molecular weight excluding hydrogens is 372 g/mol. The molecule has 4 heteroatoms. The van der Waals surface area contributed by atoms with Crippen LogP contribution in [0.2, 0.25) is 0 Å². The highest BCUT2D eigenvalue weighted by molar-refractivity contribution is 5.87. The molecule has 30 heavy (non-hydrogen) atoms. The third kappa shape index (κ3) is 6.45. The van der Waals surface area contributed by atoms with E-state index in [1.807, 2.05) is 38.1 Å². The van der Waals surface area contributed by atoms with Crippen LogP contribution in [0.25, 0.3) is 0 Å². The van der Waals surface area contributed by atoms with Crippen LogP contribution in [0.3, 0.4) is 0 Å². The molecular formula is C26H36N2O2. The van der Waals surface area contributed by atoms with E-state index in [4.69, 9.17) is 0 Å². The summed E-state index contributed by atoms with van der Waals surface area (Å²) in [4.78, 5) is 27.3. The van der Waals surface area contributed by atoms with Crippen molar-refractivity contribution in [3.05, 3.63) is 70.8 Å². The molecule has 1 atom stereocenters. The molecule has 4 nitrogen and oxygen atoms in total. The summed E-state index contributed by atoms with van der Waals surface area (Å²) in [6.07, 6.45) is 1.04. The average Bonchev–Trinajstić information content (AvgIpc) is 2.70. The van der Waals surface area contributed by atoms with E-state index < -0.39 is 6.04 Å². The van der Waals surface area contributed by atoms with Crippen molar-refractivity contribution in [2.45, 2.75) is 72.4 Å². The molecule has 162 valence electrons. The molecule has 0 saturated carbocycles. The zero-order chi connectivity index (χ0) is 22.3. The van der Waals surface area contributed by atoms with E-state index in [9.17, 15) is 9.59 Å². The molecule has 0 aromatic heterocycles. The lowest BCUT2D eigenvalue weighted by Crippen LogP contribution is -2.47. The topological polar surface area (TPSA) is 49.4 Å². The Morgan fingerprint density at radius 1 is 1.03 bits per heavy atom. The Balaban J connectivity index is 2.13. The lowest BCUT2D eigenvalue weighted by atomic mass is 9.86. The monoisotopic (exact) mass is 408 g/mol. The molecule has 0 radical (unpaired) electrons. The number of hydrogen-bond acceptors (Lipinski definition) is 2. The average molecular weight is 409 g/mol. The largest absolute Gasteiger partial charge is 0.355 e. The first-order chi connectivity index (χ1) is 14.1. The fourth-order valence-corrected chi connectivity index (χ4v) is 3.44. The molecule has 0 fully saturated rings. The van der Waals surface area contributed by atoms with Crippen LogP contribution >= 0.6 is 0 Å². The van der Waals surface area contributed by atoms with Gasteiger partial charge in [0.1, 0.15) is 6.04 Å². The standard InChI is InChI=1S/C26H36N2O2/c1-7-27-25(30)20(3)28(18-22-11-9-8-10-19(22)2)24(29)17-14-21-12-15-23(16-13-21)26(4,5)6/h8-13,15-16,20H,7,14,17-18H2,1-6H3,(H,27,30). The molecule has 0 saturated heterocycles. The second kappa shape index (κ2) is 10.4. The zero-order valence-corrected chi connectivity index (χ0v) is 19.3. The summed E-state index contributed by atoms with van der Waals surface area (Å²) in [5.41, 5.74) is 4.72. The Bertz CT molecular complexity index is 850. The third-order valence-corrected chi connectivity index (χ3v) is 5.57. The Kier molecular flexibility index (Phi) is 8.22. The van der Waals surface area contributed by atoms with E-state index in [-0.39, 0.29) is 17.2 Å². The van der Waals surface area contributed by atoms with Gasteiger partial charge >= 0.3 is 0 Å². The number of carbonyl (C=O) groups excluding carboxylic acids is 2. The quantitative estimate of drug-likeness (QED) is 0.683. The van der Waals surface area contributed by atoms with Crippen LogP contribution in [0.15, 0.2) is 48.5 Å². The van der Waals surface area contributed by atoms with Crippen molar-refractivity contribution >= 4 is 11.8 Å². The summed E-state index contributed by atoms with van der Waals surface area (Å²) in [5, 5.41) is 2.84. The van der Waals surface area contributed by atoms with Gasteiger partial charge in [-0.05, 0) is 54.9 Å². The highest BCUT2D eigenvalue weighted by Gasteiger charge is 2.26. The van der Waals surface area contributed by atoms with Crippen LogP contribution < -0.4 is 5.32 Å². The van der Waals surface area contributed by atoms with Gasteiger partial charge in [0.05, 0.1) is 0 Å². The molecule has 0 bridgehead atoms. The van der Waals surface area contributed by atoms with Crippen LogP contribution in [-0.4, -0.2) is 29.3 Å². The number of benzene rings is 2. The number of nitrogens with one attached hydrogen (secondary N) is 1. The van der Waals surface area contributed by atoms with Gasteiger partial charge in [-0.2, -0.15) is 0 Å². The summed E-state index contributed by atoms with van der Waals surface area (Å²) >= 11 is 0. The van der Waals surface area contributed by atoms with E-state index in [2.05, 4.69) is 50.4 Å². The Morgan fingerprint density at radius 2 is 1.67 bits per heavy atom. The SMILES string of the molecule is CCNC(=O)C(C)N(Cc1ccccc1C)C(=O)CCc1ccc(C(C)(C)C)cc1. The molecule has 0 heterocycles. The maximum atomic E-state index is 13.2. The van der Waals surface area contributed by atoms with Crippen molar-refractivity contribution in [3.8, 4) is 0 Å². The highest BCUT2D eigenvalue weighted by Crippen LogP contribution is 2.23. The first-order valence-electron chi connectivity index (χ1n) is 10.8. The smallest absolute Gasteiger partial charge is 0.242 e. The van der Waals surface area contributed by atoms with Gasteiger partial charge in [0, 0.05) is 19.5 Å². The molecule has 2 amide bonds. The fourth-order valence-electron chi connectivity index (χ4n) is 3.44. The van der Waals surface area contributed by atoms with E-state index >= 15 is 0 Å². The number of aryl methyl sites for hydroxylation is 2. The molecule has 0 aliphatic rings. The molecule has 1 unspecified atom stereocenters. The molecule has 2 aromatic rings. The molecule has 2 aromatic carbocycles. The predicted octanol–water partition coefficient (Wildman–Crippen LogP) is 4.78. The van der Waals surface area contributed by atoms with Crippen LogP contribution in [0.4, 0.5) is 0 Å². The number of amides is 2. The van der Waals surface area contributed by atoms with Crippen LogP contribution in [-0.2, 0) is 28.0 Å². The number of hydrogen-bond donors (Lipinski definition) is 1. The first kappa shape index (κ1) is 23.7. The lowest BCUT2D eigenvalue weighted by Gasteiger charge is -2.29. The molecule has 0 spiro atoms. The van der Waals surface area contributed by atoms with Crippen molar-refractivity contribution < 1.29 is 9.59 Å². The number of nitrogens with zero attached hydrogens (tertiary/aromatic N) is 1. The van der Waals surface area contributed by atoms with Crippen LogP contribution in [0, 0.1) is 6.92 Å². The maximum absolute atomic E-state index is 13.2.